The van der Waals surface area contributed by atoms with E-state index in [4.69, 9.17) is 0 Å². The molecule has 1 aromatic carbocycles. The van der Waals surface area contributed by atoms with Crippen LogP contribution >= 0.6 is 0 Å². The Labute approximate surface area is 148 Å². The van der Waals surface area contributed by atoms with Crippen LogP contribution in [0.4, 0.5) is 0 Å². The maximum Gasteiger partial charge on any atom is 0.105 e. The first-order valence-corrected chi connectivity index (χ1v) is 8.88. The Morgan fingerprint density at radius 2 is 1.96 bits per heavy atom. The molecule has 2 aromatic heterocycles. The molecule has 0 amide bonds. The number of hydrogen-bond donors (Lipinski definition) is 1. The molecule has 3 heterocycles. The van der Waals surface area contributed by atoms with Gasteiger partial charge < -0.3 is 14.6 Å². The van der Waals surface area contributed by atoms with Crippen molar-refractivity contribution in [2.24, 2.45) is 0 Å². The third-order valence-electron chi connectivity index (χ3n) is 5.37. The van der Waals surface area contributed by atoms with Crippen molar-refractivity contribution < 1.29 is 5.11 Å². The van der Waals surface area contributed by atoms with E-state index >= 15 is 0 Å². The monoisotopic (exact) mass is 335 g/mol. The molecule has 4 heteroatoms. The maximum atomic E-state index is 11.2. The van der Waals surface area contributed by atoms with Gasteiger partial charge in [0.2, 0.25) is 0 Å². The van der Waals surface area contributed by atoms with E-state index in [2.05, 4.69) is 46.6 Å². The number of fused-ring (bicyclic) bond motifs is 3. The van der Waals surface area contributed by atoms with Crippen molar-refractivity contribution in [2.45, 2.75) is 39.0 Å². The highest BCUT2D eigenvalue weighted by Gasteiger charge is 2.29. The lowest BCUT2D eigenvalue weighted by Crippen LogP contribution is -2.32. The van der Waals surface area contributed by atoms with Crippen LogP contribution in [-0.2, 0) is 25.1 Å². The minimum Gasteiger partial charge on any atom is -0.384 e. The van der Waals surface area contributed by atoms with Gasteiger partial charge in [0.05, 0.1) is 6.54 Å². The molecule has 0 saturated carbocycles. The van der Waals surface area contributed by atoms with Crippen LogP contribution in [0.2, 0.25) is 0 Å². The number of aryl methyl sites for hydroxylation is 1. The molecule has 0 bridgehead atoms. The molecule has 1 N–H and O–H groups in total. The molecule has 0 fully saturated rings. The van der Waals surface area contributed by atoms with Crippen LogP contribution in [0.3, 0.4) is 0 Å². The second-order valence-electron chi connectivity index (χ2n) is 7.53. The Balaban J connectivity index is 1.85. The van der Waals surface area contributed by atoms with Gasteiger partial charge in [0.1, 0.15) is 5.60 Å². The molecule has 3 aromatic rings. The van der Waals surface area contributed by atoms with Gasteiger partial charge in [-0.25, -0.2) is 0 Å². The molecule has 1 aliphatic heterocycles. The van der Waals surface area contributed by atoms with Crippen LogP contribution in [0.15, 0.2) is 42.7 Å². The van der Waals surface area contributed by atoms with Gasteiger partial charge in [-0.2, -0.15) is 0 Å². The molecular weight excluding hydrogens is 310 g/mol. The van der Waals surface area contributed by atoms with Gasteiger partial charge in [0.15, 0.2) is 0 Å². The van der Waals surface area contributed by atoms with Gasteiger partial charge in [-0.15, -0.1) is 0 Å². The Kier molecular flexibility index (Phi) is 3.89. The van der Waals surface area contributed by atoms with Crippen LogP contribution in [0.25, 0.3) is 10.9 Å². The van der Waals surface area contributed by atoms with Crippen LogP contribution in [0.5, 0.6) is 0 Å². The summed E-state index contributed by atoms with van der Waals surface area (Å²) >= 11 is 0. The van der Waals surface area contributed by atoms with Crippen molar-refractivity contribution >= 4 is 10.9 Å². The Morgan fingerprint density at radius 1 is 1.20 bits per heavy atom. The molecule has 4 nitrogen and oxygen atoms in total. The fraction of sp³-hybridized carbons (Fsp3) is 0.381. The zero-order valence-electron chi connectivity index (χ0n) is 15.2. The number of nitrogens with zero attached hydrogens (tertiary/aromatic N) is 3. The zero-order valence-corrected chi connectivity index (χ0v) is 15.2. The number of pyridine rings is 1. The van der Waals surface area contributed by atoms with E-state index in [0.717, 1.165) is 25.1 Å². The summed E-state index contributed by atoms with van der Waals surface area (Å²) < 4.78 is 2.32. The topological polar surface area (TPSA) is 41.3 Å². The first kappa shape index (κ1) is 16.3. The van der Waals surface area contributed by atoms with Crippen LogP contribution in [0, 0.1) is 6.92 Å². The van der Waals surface area contributed by atoms with E-state index in [1.54, 1.807) is 12.4 Å². The Hall–Kier alpha value is -2.17. The second-order valence-corrected chi connectivity index (χ2v) is 7.53. The summed E-state index contributed by atoms with van der Waals surface area (Å²) in [5.41, 5.74) is 5.25. The SMILES string of the molecule is Cc1ccc2c(c1)c1c(n2CC(C)(O)c2ccncc2)CN(C)CC1. The summed E-state index contributed by atoms with van der Waals surface area (Å²) in [5, 5.41) is 12.5. The smallest absolute Gasteiger partial charge is 0.105 e. The molecule has 1 unspecified atom stereocenters. The quantitative estimate of drug-likeness (QED) is 0.799. The Bertz CT molecular complexity index is 912. The second kappa shape index (κ2) is 5.97. The largest absolute Gasteiger partial charge is 0.384 e. The lowest BCUT2D eigenvalue weighted by molar-refractivity contribution is 0.0380. The van der Waals surface area contributed by atoms with Crippen LogP contribution in [-0.4, -0.2) is 33.1 Å². The highest BCUT2D eigenvalue weighted by atomic mass is 16.3. The Morgan fingerprint density at radius 3 is 2.72 bits per heavy atom. The first-order chi connectivity index (χ1) is 12.0. The van der Waals surface area contributed by atoms with Gasteiger partial charge in [0, 0.05) is 42.1 Å². The number of rotatable bonds is 3. The van der Waals surface area contributed by atoms with Crippen molar-refractivity contribution in [3.63, 3.8) is 0 Å². The van der Waals surface area contributed by atoms with Gasteiger partial charge in [0.25, 0.3) is 0 Å². The summed E-state index contributed by atoms with van der Waals surface area (Å²) in [5.74, 6) is 0. The van der Waals surface area contributed by atoms with Crippen LogP contribution < -0.4 is 0 Å². The number of hydrogen-bond acceptors (Lipinski definition) is 3. The fourth-order valence-electron chi connectivity index (χ4n) is 3.98. The normalized spacial score (nSPS) is 17.4. The highest BCUT2D eigenvalue weighted by molar-refractivity contribution is 5.86. The lowest BCUT2D eigenvalue weighted by Gasteiger charge is -2.29. The van der Waals surface area contributed by atoms with Gasteiger partial charge in [-0.1, -0.05) is 11.6 Å². The average Bonchev–Trinajstić information content (AvgIpc) is 2.88. The molecular formula is C21H25N3O. The number of aromatic nitrogens is 2. The average molecular weight is 335 g/mol. The van der Waals surface area contributed by atoms with Crippen molar-refractivity contribution in [1.82, 2.24) is 14.5 Å². The summed E-state index contributed by atoms with van der Waals surface area (Å²) in [6, 6.07) is 10.4. The molecule has 0 spiro atoms. The predicted octanol–water partition coefficient (Wildman–Crippen LogP) is 3.24. The van der Waals surface area contributed by atoms with Gasteiger partial charge in [-0.05, 0) is 62.7 Å². The number of likely N-dealkylation sites (N-methyl/N-ethyl adjacent to an activating group) is 1. The third kappa shape index (κ3) is 2.86. The van der Waals surface area contributed by atoms with Crippen LogP contribution in [0.1, 0.15) is 29.3 Å². The number of aliphatic hydroxyl groups is 1. The molecule has 1 aliphatic rings. The van der Waals surface area contributed by atoms with Gasteiger partial charge >= 0.3 is 0 Å². The minimum absolute atomic E-state index is 0.541. The molecule has 0 saturated heterocycles. The van der Waals surface area contributed by atoms with Crippen molar-refractivity contribution in [1.29, 1.82) is 0 Å². The van der Waals surface area contributed by atoms with Gasteiger partial charge in [-0.3, -0.25) is 4.98 Å². The van der Waals surface area contributed by atoms with E-state index in [1.165, 1.54) is 27.7 Å². The number of benzene rings is 1. The molecule has 1 atom stereocenters. The predicted molar refractivity (Wildman–Crippen MR) is 101 cm³/mol. The minimum atomic E-state index is -0.941. The summed E-state index contributed by atoms with van der Waals surface area (Å²) in [4.78, 5) is 6.42. The van der Waals surface area contributed by atoms with E-state index in [0.29, 0.717) is 6.54 Å². The molecule has 130 valence electrons. The first-order valence-electron chi connectivity index (χ1n) is 8.88. The molecule has 0 aliphatic carbocycles. The molecule has 4 rings (SSSR count). The third-order valence-corrected chi connectivity index (χ3v) is 5.37. The highest BCUT2D eigenvalue weighted by Crippen LogP contribution is 2.34. The van der Waals surface area contributed by atoms with Crippen molar-refractivity contribution in [2.75, 3.05) is 13.6 Å². The summed E-state index contributed by atoms with van der Waals surface area (Å²) in [6.07, 6.45) is 4.55. The van der Waals surface area contributed by atoms with E-state index in [1.807, 2.05) is 19.1 Å². The van der Waals surface area contributed by atoms with E-state index in [9.17, 15) is 5.11 Å². The van der Waals surface area contributed by atoms with Crippen molar-refractivity contribution in [3.05, 3.63) is 65.1 Å². The lowest BCUT2D eigenvalue weighted by atomic mass is 9.97. The molecule has 0 radical (unpaired) electrons. The molecule has 25 heavy (non-hydrogen) atoms. The summed E-state index contributed by atoms with van der Waals surface area (Å²) in [6.45, 7) is 6.59. The zero-order chi connectivity index (χ0) is 17.6. The summed E-state index contributed by atoms with van der Waals surface area (Å²) in [7, 11) is 2.16. The van der Waals surface area contributed by atoms with E-state index < -0.39 is 5.60 Å². The van der Waals surface area contributed by atoms with Crippen molar-refractivity contribution in [3.8, 4) is 0 Å². The maximum absolute atomic E-state index is 11.2. The van der Waals surface area contributed by atoms with E-state index in [-0.39, 0.29) is 0 Å². The fourth-order valence-corrected chi connectivity index (χ4v) is 3.98. The standard InChI is InChI=1S/C21H25N3O/c1-15-4-5-19-18(12-15)17-8-11-23(3)13-20(17)24(19)14-21(2,25)16-6-9-22-10-7-16/h4-7,9-10,12,25H,8,11,13-14H2,1-3H3.